The van der Waals surface area contributed by atoms with E-state index in [0.29, 0.717) is 44.7 Å². The standard InChI is InChI=1S/C33H33NO6/c35-32(27-8-2-1-3-9-27)39-20-6-19-38-29-15-13-26(14-16-29)30-17-18-34(33(36)37)22-31(30)40-23-24-11-12-25-7-4-5-10-28(25)21-24/h1-5,7-16,21,30-31H,6,17-20,22-23H2,(H,36,37). The Balaban J connectivity index is 1.15. The van der Waals surface area contributed by atoms with Gasteiger partial charge in [0.1, 0.15) is 5.75 Å². The van der Waals surface area contributed by atoms with Gasteiger partial charge in [0.2, 0.25) is 0 Å². The van der Waals surface area contributed by atoms with E-state index in [4.69, 9.17) is 14.2 Å². The van der Waals surface area contributed by atoms with Crippen molar-refractivity contribution in [3.63, 3.8) is 0 Å². The smallest absolute Gasteiger partial charge is 0.407 e. The fraction of sp³-hybridized carbons (Fsp3) is 0.273. The summed E-state index contributed by atoms with van der Waals surface area (Å²) in [5.41, 5.74) is 2.69. The topological polar surface area (TPSA) is 85.3 Å². The van der Waals surface area contributed by atoms with E-state index in [9.17, 15) is 14.7 Å². The molecule has 206 valence electrons. The zero-order valence-corrected chi connectivity index (χ0v) is 22.3. The lowest BCUT2D eigenvalue weighted by molar-refractivity contribution is -0.0199. The minimum Gasteiger partial charge on any atom is -0.493 e. The number of piperidine rings is 1. The molecule has 5 rings (SSSR count). The van der Waals surface area contributed by atoms with E-state index in [1.807, 2.05) is 42.5 Å². The van der Waals surface area contributed by atoms with Gasteiger partial charge in [0.05, 0.1) is 38.0 Å². The molecule has 0 saturated carbocycles. The number of carbonyl (C=O) groups is 2. The fourth-order valence-corrected chi connectivity index (χ4v) is 5.05. The van der Waals surface area contributed by atoms with Crippen LogP contribution < -0.4 is 4.74 Å². The minimum absolute atomic E-state index is 0.0718. The monoisotopic (exact) mass is 539 g/mol. The Hall–Kier alpha value is -4.36. The second kappa shape index (κ2) is 13.1. The summed E-state index contributed by atoms with van der Waals surface area (Å²) in [7, 11) is 0. The van der Waals surface area contributed by atoms with Gasteiger partial charge in [-0.15, -0.1) is 0 Å². The van der Waals surface area contributed by atoms with Gasteiger partial charge >= 0.3 is 12.1 Å². The maximum atomic E-state index is 12.0. The highest BCUT2D eigenvalue weighted by molar-refractivity contribution is 5.89. The lowest BCUT2D eigenvalue weighted by Crippen LogP contribution is -2.46. The molecule has 2 atom stereocenters. The van der Waals surface area contributed by atoms with Gasteiger partial charge in [-0.05, 0) is 58.7 Å². The molecule has 1 aliphatic heterocycles. The zero-order chi connectivity index (χ0) is 27.7. The molecule has 0 radical (unpaired) electrons. The molecule has 1 aliphatic rings. The van der Waals surface area contributed by atoms with Gasteiger partial charge in [0.25, 0.3) is 0 Å². The predicted octanol–water partition coefficient (Wildman–Crippen LogP) is 6.52. The van der Waals surface area contributed by atoms with Crippen LogP contribution in [-0.4, -0.2) is 54.5 Å². The molecule has 4 aromatic carbocycles. The summed E-state index contributed by atoms with van der Waals surface area (Å²) in [6.07, 6.45) is 0.0821. The Morgan fingerprint density at radius 1 is 0.850 bits per heavy atom. The van der Waals surface area contributed by atoms with Crippen LogP contribution in [0.4, 0.5) is 4.79 Å². The molecule has 0 aromatic heterocycles. The van der Waals surface area contributed by atoms with E-state index in [1.165, 1.54) is 10.3 Å². The molecule has 1 N–H and O–H groups in total. The Bertz CT molecular complexity index is 1420. The van der Waals surface area contributed by atoms with Crippen molar-refractivity contribution >= 4 is 22.8 Å². The number of carbonyl (C=O) groups excluding carboxylic acids is 1. The maximum Gasteiger partial charge on any atom is 0.407 e. The van der Waals surface area contributed by atoms with Gasteiger partial charge in [-0.1, -0.05) is 66.7 Å². The number of rotatable bonds is 10. The van der Waals surface area contributed by atoms with Gasteiger partial charge in [0, 0.05) is 18.9 Å². The number of carboxylic acid groups (broad SMARTS) is 1. The fourth-order valence-electron chi connectivity index (χ4n) is 5.05. The summed E-state index contributed by atoms with van der Waals surface area (Å²) in [6.45, 7) is 1.92. The number of hydrogen-bond donors (Lipinski definition) is 1. The summed E-state index contributed by atoms with van der Waals surface area (Å²) in [6, 6.07) is 31.3. The molecule has 2 unspecified atom stereocenters. The molecule has 1 amide bonds. The van der Waals surface area contributed by atoms with Gasteiger partial charge < -0.3 is 24.2 Å². The van der Waals surface area contributed by atoms with Crippen molar-refractivity contribution in [1.29, 1.82) is 0 Å². The normalized spacial score (nSPS) is 16.9. The number of esters is 1. The van der Waals surface area contributed by atoms with Gasteiger partial charge in [-0.2, -0.15) is 0 Å². The van der Waals surface area contributed by atoms with E-state index < -0.39 is 6.09 Å². The van der Waals surface area contributed by atoms with Crippen LogP contribution >= 0.6 is 0 Å². The largest absolute Gasteiger partial charge is 0.493 e. The first-order valence-electron chi connectivity index (χ1n) is 13.6. The number of fused-ring (bicyclic) bond motifs is 1. The molecule has 4 aromatic rings. The average molecular weight is 540 g/mol. The van der Waals surface area contributed by atoms with Crippen LogP contribution in [0, 0.1) is 0 Å². The highest BCUT2D eigenvalue weighted by Crippen LogP contribution is 2.32. The molecular weight excluding hydrogens is 506 g/mol. The maximum absolute atomic E-state index is 12.0. The van der Waals surface area contributed by atoms with Crippen LogP contribution in [-0.2, 0) is 16.1 Å². The Morgan fingerprint density at radius 2 is 1.60 bits per heavy atom. The number of hydrogen-bond acceptors (Lipinski definition) is 5. The van der Waals surface area contributed by atoms with Crippen LogP contribution in [0.25, 0.3) is 10.8 Å². The molecule has 7 nitrogen and oxygen atoms in total. The van der Waals surface area contributed by atoms with Crippen molar-refractivity contribution in [3.8, 4) is 5.75 Å². The zero-order valence-electron chi connectivity index (χ0n) is 22.3. The van der Waals surface area contributed by atoms with Gasteiger partial charge in [0.15, 0.2) is 0 Å². The van der Waals surface area contributed by atoms with Gasteiger partial charge in [-0.3, -0.25) is 0 Å². The van der Waals surface area contributed by atoms with Crippen molar-refractivity contribution in [2.75, 3.05) is 26.3 Å². The lowest BCUT2D eigenvalue weighted by Gasteiger charge is -2.37. The summed E-state index contributed by atoms with van der Waals surface area (Å²) < 4.78 is 17.5. The van der Waals surface area contributed by atoms with Crippen molar-refractivity contribution < 1.29 is 28.9 Å². The van der Waals surface area contributed by atoms with E-state index in [0.717, 1.165) is 22.3 Å². The van der Waals surface area contributed by atoms with Gasteiger partial charge in [-0.25, -0.2) is 9.59 Å². The molecule has 0 aliphatic carbocycles. The lowest BCUT2D eigenvalue weighted by atomic mass is 9.87. The number of amides is 1. The van der Waals surface area contributed by atoms with Crippen LogP contribution in [0.3, 0.4) is 0 Å². The van der Waals surface area contributed by atoms with Crippen molar-refractivity contribution in [2.45, 2.75) is 31.5 Å². The first-order chi connectivity index (χ1) is 19.6. The molecule has 0 spiro atoms. The Kier molecular flexibility index (Phi) is 8.93. The minimum atomic E-state index is -0.920. The highest BCUT2D eigenvalue weighted by Gasteiger charge is 2.33. The molecule has 1 saturated heterocycles. The quantitative estimate of drug-likeness (QED) is 0.182. The van der Waals surface area contributed by atoms with E-state index in [1.54, 1.807) is 24.3 Å². The average Bonchev–Trinajstić information content (AvgIpc) is 3.00. The summed E-state index contributed by atoms with van der Waals surface area (Å²) in [5, 5.41) is 11.9. The van der Waals surface area contributed by atoms with Crippen LogP contribution in [0.15, 0.2) is 97.1 Å². The van der Waals surface area contributed by atoms with Crippen molar-refractivity contribution in [2.24, 2.45) is 0 Å². The second-order valence-corrected chi connectivity index (χ2v) is 9.93. The third kappa shape index (κ3) is 6.98. The third-order valence-corrected chi connectivity index (χ3v) is 7.22. The van der Waals surface area contributed by atoms with Crippen molar-refractivity contribution in [3.05, 3.63) is 114 Å². The molecule has 0 bridgehead atoms. The molecule has 7 heteroatoms. The molecule has 40 heavy (non-hydrogen) atoms. The highest BCUT2D eigenvalue weighted by atomic mass is 16.5. The van der Waals surface area contributed by atoms with Crippen LogP contribution in [0.1, 0.15) is 40.2 Å². The Labute approximate surface area is 233 Å². The SMILES string of the molecule is O=C(OCCCOc1ccc(C2CCN(C(=O)O)CC2OCc2ccc3ccccc3c2)cc1)c1ccccc1. The van der Waals surface area contributed by atoms with Crippen LogP contribution in [0.2, 0.25) is 0 Å². The van der Waals surface area contributed by atoms with E-state index in [-0.39, 0.29) is 24.6 Å². The first kappa shape index (κ1) is 27.2. The number of benzene rings is 4. The summed E-state index contributed by atoms with van der Waals surface area (Å²) >= 11 is 0. The number of ether oxygens (including phenoxy) is 3. The molecule has 1 heterocycles. The predicted molar refractivity (Wildman–Crippen MR) is 153 cm³/mol. The summed E-state index contributed by atoms with van der Waals surface area (Å²) in [4.78, 5) is 25.1. The Morgan fingerprint density at radius 3 is 2.38 bits per heavy atom. The molecule has 1 fully saturated rings. The van der Waals surface area contributed by atoms with Crippen molar-refractivity contribution in [1.82, 2.24) is 4.90 Å². The van der Waals surface area contributed by atoms with Crippen LogP contribution in [0.5, 0.6) is 5.75 Å². The third-order valence-electron chi connectivity index (χ3n) is 7.22. The van der Waals surface area contributed by atoms with E-state index >= 15 is 0 Å². The molecular formula is C33H33NO6. The number of nitrogens with zero attached hydrogens (tertiary/aromatic N) is 1. The first-order valence-corrected chi connectivity index (χ1v) is 13.6. The summed E-state index contributed by atoms with van der Waals surface area (Å²) in [5.74, 6) is 0.466. The number of likely N-dealkylation sites (tertiary alicyclic amines) is 1. The second-order valence-electron chi connectivity index (χ2n) is 9.93. The van der Waals surface area contributed by atoms with E-state index in [2.05, 4.69) is 30.3 Å².